The Morgan fingerprint density at radius 2 is 1.42 bits per heavy atom. The van der Waals surface area contributed by atoms with Crippen molar-refractivity contribution in [3.8, 4) is 17.1 Å². The number of para-hydroxylation sites is 1. The summed E-state index contributed by atoms with van der Waals surface area (Å²) in [5.41, 5.74) is 4.36. The van der Waals surface area contributed by atoms with Crippen molar-refractivity contribution in [2.45, 2.75) is 0 Å². The molecule has 26 heavy (non-hydrogen) atoms. The van der Waals surface area contributed by atoms with Crippen molar-refractivity contribution in [1.29, 1.82) is 0 Å². The number of imidazole rings is 1. The molecule has 5 aromatic rings. The van der Waals surface area contributed by atoms with Crippen LogP contribution in [0, 0.1) is 0 Å². The topological polar surface area (TPSA) is 17.8 Å². The summed E-state index contributed by atoms with van der Waals surface area (Å²) in [5, 5.41) is 2.43. The van der Waals surface area contributed by atoms with Crippen LogP contribution in [0.4, 0.5) is 0 Å². The molecule has 0 atom stereocenters. The van der Waals surface area contributed by atoms with Gasteiger partial charge in [0.25, 0.3) is 0 Å². The summed E-state index contributed by atoms with van der Waals surface area (Å²) in [6.07, 6.45) is 0. The molecule has 2 nitrogen and oxygen atoms in total. The first-order valence-corrected chi connectivity index (χ1v) is 9.32. The van der Waals surface area contributed by atoms with E-state index in [9.17, 15) is 0 Å². The van der Waals surface area contributed by atoms with Crippen molar-refractivity contribution in [3.05, 3.63) is 95.5 Å². The van der Waals surface area contributed by atoms with Gasteiger partial charge in [-0.05, 0) is 35.7 Å². The Bertz CT molecular complexity index is 1220. The van der Waals surface area contributed by atoms with Gasteiger partial charge in [-0.3, -0.25) is 4.57 Å². The maximum Gasteiger partial charge on any atom is 0.145 e. The fourth-order valence-corrected chi connectivity index (χ4v) is 3.72. The van der Waals surface area contributed by atoms with E-state index < -0.39 is 0 Å². The minimum Gasteiger partial charge on any atom is -0.292 e. The van der Waals surface area contributed by atoms with Crippen LogP contribution in [0.25, 0.3) is 38.9 Å². The lowest BCUT2D eigenvalue weighted by molar-refractivity contribution is 1.11. The van der Waals surface area contributed by atoms with Gasteiger partial charge in [0, 0.05) is 21.1 Å². The molecule has 0 bridgehead atoms. The van der Waals surface area contributed by atoms with E-state index in [-0.39, 0.29) is 0 Å². The van der Waals surface area contributed by atoms with Crippen LogP contribution in [0.15, 0.2) is 95.5 Å². The molecule has 0 saturated heterocycles. The zero-order valence-corrected chi connectivity index (χ0v) is 15.5. The van der Waals surface area contributed by atoms with E-state index >= 15 is 0 Å². The molecule has 0 fully saturated rings. The minimum atomic E-state index is 0.954. The molecule has 0 amide bonds. The largest absolute Gasteiger partial charge is 0.292 e. The van der Waals surface area contributed by atoms with Gasteiger partial charge in [0.15, 0.2) is 0 Å². The summed E-state index contributed by atoms with van der Waals surface area (Å²) in [6.45, 7) is 0. The Hall–Kier alpha value is -2.91. The summed E-state index contributed by atoms with van der Waals surface area (Å²) in [5.74, 6) is 0.954. The second kappa shape index (κ2) is 6.11. The van der Waals surface area contributed by atoms with Crippen LogP contribution < -0.4 is 0 Å². The predicted molar refractivity (Wildman–Crippen MR) is 112 cm³/mol. The standard InChI is InChI=1S/C23H15BrN2/c24-18-13-10-17(11-14-18)23-25-21-15-12-16-6-4-5-9-20(16)22(21)26(23)19-7-2-1-3-8-19/h1-15H. The van der Waals surface area contributed by atoms with Crippen LogP contribution in [-0.4, -0.2) is 9.55 Å². The average Bonchev–Trinajstić information content (AvgIpc) is 3.09. The lowest BCUT2D eigenvalue weighted by Gasteiger charge is -2.11. The lowest BCUT2D eigenvalue weighted by Crippen LogP contribution is -1.97. The molecule has 0 saturated carbocycles. The number of halogens is 1. The summed E-state index contributed by atoms with van der Waals surface area (Å²) in [7, 11) is 0. The second-order valence-electron chi connectivity index (χ2n) is 6.27. The molecule has 124 valence electrons. The maximum atomic E-state index is 4.99. The van der Waals surface area contributed by atoms with Gasteiger partial charge in [-0.25, -0.2) is 4.98 Å². The van der Waals surface area contributed by atoms with Crippen molar-refractivity contribution in [2.75, 3.05) is 0 Å². The number of hydrogen-bond donors (Lipinski definition) is 0. The Labute approximate surface area is 159 Å². The average molecular weight is 399 g/mol. The van der Waals surface area contributed by atoms with Crippen molar-refractivity contribution in [1.82, 2.24) is 9.55 Å². The Morgan fingerprint density at radius 1 is 0.692 bits per heavy atom. The van der Waals surface area contributed by atoms with Gasteiger partial charge in [0.2, 0.25) is 0 Å². The van der Waals surface area contributed by atoms with E-state index in [1.165, 1.54) is 10.8 Å². The van der Waals surface area contributed by atoms with Crippen LogP contribution >= 0.6 is 15.9 Å². The molecular weight excluding hydrogens is 384 g/mol. The molecule has 3 heteroatoms. The van der Waals surface area contributed by atoms with E-state index in [1.807, 2.05) is 6.07 Å². The number of hydrogen-bond acceptors (Lipinski definition) is 1. The summed E-state index contributed by atoms with van der Waals surface area (Å²) in [4.78, 5) is 4.99. The first-order valence-electron chi connectivity index (χ1n) is 8.53. The Balaban J connectivity index is 1.93. The van der Waals surface area contributed by atoms with E-state index in [0.29, 0.717) is 0 Å². The van der Waals surface area contributed by atoms with Gasteiger partial charge in [0.1, 0.15) is 5.82 Å². The van der Waals surface area contributed by atoms with Crippen LogP contribution in [0.2, 0.25) is 0 Å². The molecule has 5 rings (SSSR count). The molecule has 1 aromatic heterocycles. The highest BCUT2D eigenvalue weighted by Crippen LogP contribution is 2.33. The van der Waals surface area contributed by atoms with Crippen molar-refractivity contribution in [2.24, 2.45) is 0 Å². The molecule has 0 N–H and O–H groups in total. The molecule has 0 unspecified atom stereocenters. The van der Waals surface area contributed by atoms with Crippen LogP contribution in [0.3, 0.4) is 0 Å². The fraction of sp³-hybridized carbons (Fsp3) is 0. The number of fused-ring (bicyclic) bond motifs is 3. The van der Waals surface area contributed by atoms with Gasteiger partial charge in [0.05, 0.1) is 11.0 Å². The molecular formula is C23H15BrN2. The number of aromatic nitrogens is 2. The first-order chi connectivity index (χ1) is 12.8. The van der Waals surface area contributed by atoms with Gasteiger partial charge < -0.3 is 0 Å². The van der Waals surface area contributed by atoms with E-state index in [1.54, 1.807) is 0 Å². The quantitative estimate of drug-likeness (QED) is 0.327. The molecule has 0 aliphatic heterocycles. The van der Waals surface area contributed by atoms with Gasteiger partial charge >= 0.3 is 0 Å². The van der Waals surface area contributed by atoms with E-state index in [0.717, 1.165) is 32.6 Å². The highest BCUT2D eigenvalue weighted by atomic mass is 79.9. The van der Waals surface area contributed by atoms with Gasteiger partial charge in [-0.15, -0.1) is 0 Å². The molecule has 0 spiro atoms. The number of rotatable bonds is 2. The predicted octanol–water partition coefficient (Wildman–Crippen LogP) is 6.61. The minimum absolute atomic E-state index is 0.954. The van der Waals surface area contributed by atoms with Crippen molar-refractivity contribution in [3.63, 3.8) is 0 Å². The Morgan fingerprint density at radius 3 is 2.23 bits per heavy atom. The number of benzene rings is 4. The Kier molecular flexibility index (Phi) is 3.61. The third-order valence-electron chi connectivity index (χ3n) is 4.66. The van der Waals surface area contributed by atoms with Crippen LogP contribution in [-0.2, 0) is 0 Å². The number of nitrogens with zero attached hydrogens (tertiary/aromatic N) is 2. The third-order valence-corrected chi connectivity index (χ3v) is 5.19. The third kappa shape index (κ3) is 2.44. The normalized spacial score (nSPS) is 11.3. The summed E-state index contributed by atoms with van der Waals surface area (Å²) in [6, 6.07) is 31.5. The fourth-order valence-electron chi connectivity index (χ4n) is 3.46. The maximum absolute atomic E-state index is 4.99. The highest BCUT2D eigenvalue weighted by molar-refractivity contribution is 9.10. The molecule has 1 heterocycles. The van der Waals surface area contributed by atoms with Crippen molar-refractivity contribution >= 4 is 37.7 Å². The summed E-state index contributed by atoms with van der Waals surface area (Å²) < 4.78 is 3.33. The van der Waals surface area contributed by atoms with Gasteiger partial charge in [-0.2, -0.15) is 0 Å². The monoisotopic (exact) mass is 398 g/mol. The van der Waals surface area contributed by atoms with Crippen LogP contribution in [0.1, 0.15) is 0 Å². The van der Waals surface area contributed by atoms with Gasteiger partial charge in [-0.1, -0.05) is 76.6 Å². The van der Waals surface area contributed by atoms with Crippen LogP contribution in [0.5, 0.6) is 0 Å². The molecule has 4 aromatic carbocycles. The zero-order valence-electron chi connectivity index (χ0n) is 13.9. The molecule has 0 radical (unpaired) electrons. The zero-order chi connectivity index (χ0) is 17.5. The smallest absolute Gasteiger partial charge is 0.145 e. The first kappa shape index (κ1) is 15.4. The second-order valence-corrected chi connectivity index (χ2v) is 7.18. The van der Waals surface area contributed by atoms with E-state index in [2.05, 4.69) is 105 Å². The summed E-state index contributed by atoms with van der Waals surface area (Å²) >= 11 is 3.52. The van der Waals surface area contributed by atoms with E-state index in [4.69, 9.17) is 4.98 Å². The van der Waals surface area contributed by atoms with Crippen molar-refractivity contribution < 1.29 is 0 Å². The lowest BCUT2D eigenvalue weighted by atomic mass is 10.1. The molecule has 0 aliphatic carbocycles. The molecule has 0 aliphatic rings. The SMILES string of the molecule is Brc1ccc(-c2nc3ccc4ccccc4c3n2-c2ccccc2)cc1. The highest BCUT2D eigenvalue weighted by Gasteiger charge is 2.16.